The van der Waals surface area contributed by atoms with Crippen molar-refractivity contribution >= 4 is 39.9 Å². The fourth-order valence-corrected chi connectivity index (χ4v) is 4.48. The zero-order chi connectivity index (χ0) is 22.1. The number of rotatable bonds is 6. The van der Waals surface area contributed by atoms with Gasteiger partial charge in [0.1, 0.15) is 11.5 Å². The summed E-state index contributed by atoms with van der Waals surface area (Å²) >= 11 is 1.35. The van der Waals surface area contributed by atoms with Crippen LogP contribution in [0.3, 0.4) is 0 Å². The van der Waals surface area contributed by atoms with E-state index in [1.165, 1.54) is 17.3 Å². The number of hydrogen-bond donors (Lipinski definition) is 1. The first kappa shape index (κ1) is 21.0. The number of amides is 1. The number of benzene rings is 2. The van der Waals surface area contributed by atoms with E-state index in [2.05, 4.69) is 48.4 Å². The number of carbonyl (C=O) groups is 1. The van der Waals surface area contributed by atoms with E-state index in [1.54, 1.807) is 32.4 Å². The van der Waals surface area contributed by atoms with Crippen LogP contribution in [0.25, 0.3) is 16.6 Å². The Bertz CT molecular complexity index is 1300. The van der Waals surface area contributed by atoms with Crippen molar-refractivity contribution in [2.45, 2.75) is 25.9 Å². The van der Waals surface area contributed by atoms with Gasteiger partial charge in [0.25, 0.3) is 0 Å². The molecule has 0 saturated heterocycles. The topological polar surface area (TPSA) is 77.8 Å². The Hall–Kier alpha value is -3.26. The Labute approximate surface area is 184 Å². The summed E-state index contributed by atoms with van der Waals surface area (Å²) in [7, 11) is 3.14. The molecule has 0 fully saturated rings. The highest BCUT2D eigenvalue weighted by Crippen LogP contribution is 2.31. The van der Waals surface area contributed by atoms with Gasteiger partial charge in [0.15, 0.2) is 10.8 Å². The van der Waals surface area contributed by atoms with Crippen LogP contribution in [-0.4, -0.2) is 40.5 Å². The van der Waals surface area contributed by atoms with Gasteiger partial charge in [-0.25, -0.2) is 0 Å². The van der Waals surface area contributed by atoms with Gasteiger partial charge in [0.05, 0.1) is 31.2 Å². The molecule has 0 saturated carbocycles. The first-order valence-corrected chi connectivity index (χ1v) is 10.8. The lowest BCUT2D eigenvalue weighted by molar-refractivity contribution is -0.113. The van der Waals surface area contributed by atoms with Crippen LogP contribution in [-0.2, 0) is 4.79 Å². The molecule has 0 atom stereocenters. The average molecular weight is 437 g/mol. The van der Waals surface area contributed by atoms with Crippen LogP contribution < -0.4 is 14.8 Å². The number of aromatic nitrogens is 3. The molecule has 4 rings (SSSR count). The van der Waals surface area contributed by atoms with Crippen molar-refractivity contribution in [1.82, 2.24) is 14.6 Å². The van der Waals surface area contributed by atoms with Gasteiger partial charge in [-0.15, -0.1) is 10.2 Å². The summed E-state index contributed by atoms with van der Waals surface area (Å²) in [5.74, 6) is 1.22. The Balaban J connectivity index is 1.62. The van der Waals surface area contributed by atoms with E-state index in [4.69, 9.17) is 9.47 Å². The molecule has 0 bridgehead atoms. The number of fused-ring (bicyclic) bond motifs is 3. The van der Waals surface area contributed by atoms with Crippen molar-refractivity contribution in [2.24, 2.45) is 0 Å². The molecule has 0 aliphatic heterocycles. The van der Waals surface area contributed by atoms with Crippen molar-refractivity contribution < 1.29 is 14.3 Å². The molecule has 2 aromatic heterocycles. The minimum Gasteiger partial charge on any atom is -0.497 e. The van der Waals surface area contributed by atoms with Gasteiger partial charge in [-0.2, -0.15) is 0 Å². The summed E-state index contributed by atoms with van der Waals surface area (Å²) in [5, 5.41) is 13.4. The van der Waals surface area contributed by atoms with E-state index in [0.717, 1.165) is 27.7 Å². The summed E-state index contributed by atoms with van der Waals surface area (Å²) in [4.78, 5) is 12.7. The molecule has 2 heterocycles. The second-order valence-electron chi connectivity index (χ2n) is 7.38. The zero-order valence-electron chi connectivity index (χ0n) is 18.1. The van der Waals surface area contributed by atoms with Gasteiger partial charge in [-0.3, -0.25) is 9.20 Å². The molecular weight excluding hydrogens is 412 g/mol. The van der Waals surface area contributed by atoms with Crippen LogP contribution in [0.5, 0.6) is 11.5 Å². The van der Waals surface area contributed by atoms with E-state index in [-0.39, 0.29) is 11.7 Å². The number of anilines is 1. The molecule has 8 heteroatoms. The molecule has 1 N–H and O–H groups in total. The van der Waals surface area contributed by atoms with Crippen LogP contribution in [0.2, 0.25) is 0 Å². The van der Waals surface area contributed by atoms with Crippen LogP contribution >= 0.6 is 11.8 Å². The van der Waals surface area contributed by atoms with E-state index in [1.807, 2.05) is 10.5 Å². The summed E-state index contributed by atoms with van der Waals surface area (Å²) in [6.07, 6.45) is 0. The highest BCUT2D eigenvalue weighted by molar-refractivity contribution is 7.99. The molecule has 0 aliphatic rings. The van der Waals surface area contributed by atoms with Gasteiger partial charge in [-0.05, 0) is 56.2 Å². The Morgan fingerprint density at radius 3 is 2.58 bits per heavy atom. The summed E-state index contributed by atoms with van der Waals surface area (Å²) in [6.45, 7) is 6.26. The lowest BCUT2D eigenvalue weighted by Crippen LogP contribution is -2.15. The summed E-state index contributed by atoms with van der Waals surface area (Å²) < 4.78 is 12.6. The molecule has 31 heavy (non-hydrogen) atoms. The van der Waals surface area contributed by atoms with Crippen LogP contribution in [0.15, 0.2) is 41.6 Å². The third-order valence-electron chi connectivity index (χ3n) is 5.11. The zero-order valence-corrected chi connectivity index (χ0v) is 19.0. The maximum Gasteiger partial charge on any atom is 0.234 e. The van der Waals surface area contributed by atoms with Gasteiger partial charge >= 0.3 is 0 Å². The van der Waals surface area contributed by atoms with Crippen LogP contribution in [0.4, 0.5) is 5.69 Å². The number of nitrogens with one attached hydrogen (secondary N) is 1. The summed E-state index contributed by atoms with van der Waals surface area (Å²) in [5.41, 5.74) is 5.92. The first-order valence-electron chi connectivity index (χ1n) is 9.81. The van der Waals surface area contributed by atoms with E-state index in [9.17, 15) is 4.79 Å². The summed E-state index contributed by atoms with van der Waals surface area (Å²) in [6, 6.07) is 11.6. The number of ether oxygens (including phenoxy) is 2. The molecule has 0 aliphatic carbocycles. The monoisotopic (exact) mass is 436 g/mol. The molecular formula is C23H24N4O3S. The molecule has 0 radical (unpaired) electrons. The van der Waals surface area contributed by atoms with Crippen molar-refractivity contribution in [3.8, 4) is 11.5 Å². The van der Waals surface area contributed by atoms with Gasteiger partial charge in [0.2, 0.25) is 5.91 Å². The molecule has 4 aromatic rings. The first-order chi connectivity index (χ1) is 14.9. The van der Waals surface area contributed by atoms with Crippen molar-refractivity contribution in [3.05, 3.63) is 53.1 Å². The number of methoxy groups -OCH3 is 2. The maximum atomic E-state index is 12.7. The van der Waals surface area contributed by atoms with Crippen LogP contribution in [0.1, 0.15) is 16.7 Å². The van der Waals surface area contributed by atoms with Gasteiger partial charge < -0.3 is 14.8 Å². The Morgan fingerprint density at radius 2 is 1.84 bits per heavy atom. The fraction of sp³-hybridized carbons (Fsp3) is 0.261. The number of carbonyl (C=O) groups excluding carboxylic acids is 1. The third-order valence-corrected chi connectivity index (χ3v) is 6.04. The quantitative estimate of drug-likeness (QED) is 0.447. The van der Waals surface area contributed by atoms with Gasteiger partial charge in [0, 0.05) is 11.5 Å². The number of hydrogen-bond acceptors (Lipinski definition) is 6. The molecule has 2 aromatic carbocycles. The van der Waals surface area contributed by atoms with Crippen molar-refractivity contribution in [1.29, 1.82) is 0 Å². The number of aryl methyl sites for hydroxylation is 3. The average Bonchev–Trinajstić information content (AvgIpc) is 3.14. The SMILES string of the molecule is COc1ccc(OC)c(NC(=O)CSc2nnc3cc(C)c4cc(C)cc(C)c4n23)c1. The predicted molar refractivity (Wildman–Crippen MR) is 124 cm³/mol. The number of thioether (sulfide) groups is 1. The molecule has 160 valence electrons. The minimum atomic E-state index is -0.169. The lowest BCUT2D eigenvalue weighted by atomic mass is 10.0. The highest BCUT2D eigenvalue weighted by atomic mass is 32.2. The van der Waals surface area contributed by atoms with E-state index in [0.29, 0.717) is 22.3 Å². The second kappa shape index (κ2) is 8.47. The lowest BCUT2D eigenvalue weighted by Gasteiger charge is -2.12. The fourth-order valence-electron chi connectivity index (χ4n) is 3.74. The smallest absolute Gasteiger partial charge is 0.234 e. The van der Waals surface area contributed by atoms with E-state index >= 15 is 0 Å². The third kappa shape index (κ3) is 4.03. The predicted octanol–water partition coefficient (Wildman–Crippen LogP) is 4.56. The maximum absolute atomic E-state index is 12.7. The van der Waals surface area contributed by atoms with Crippen molar-refractivity contribution in [3.63, 3.8) is 0 Å². The largest absolute Gasteiger partial charge is 0.497 e. The van der Waals surface area contributed by atoms with Gasteiger partial charge in [-0.1, -0.05) is 23.4 Å². The van der Waals surface area contributed by atoms with E-state index < -0.39 is 0 Å². The number of nitrogens with zero attached hydrogens (tertiary/aromatic N) is 3. The second-order valence-corrected chi connectivity index (χ2v) is 8.33. The Kier molecular flexibility index (Phi) is 5.73. The van der Waals surface area contributed by atoms with Crippen LogP contribution in [0, 0.1) is 20.8 Å². The molecule has 7 nitrogen and oxygen atoms in total. The normalized spacial score (nSPS) is 11.1. The van der Waals surface area contributed by atoms with Crippen molar-refractivity contribution in [2.75, 3.05) is 25.3 Å². The molecule has 0 unspecified atom stereocenters. The highest BCUT2D eigenvalue weighted by Gasteiger charge is 2.16. The minimum absolute atomic E-state index is 0.169. The Morgan fingerprint density at radius 1 is 1.03 bits per heavy atom. The standard InChI is InChI=1S/C23H24N4O3S/c1-13-8-15(3)22-17(9-13)14(2)10-20-25-26-23(27(20)22)31-12-21(28)24-18-11-16(29-4)6-7-19(18)30-5/h6-11H,12H2,1-5H3,(H,24,28). The molecule has 0 spiro atoms. The molecule has 1 amide bonds. The number of pyridine rings is 1.